The van der Waals surface area contributed by atoms with E-state index >= 15 is 0 Å². The summed E-state index contributed by atoms with van der Waals surface area (Å²) in [4.78, 5) is 13.3. The molecule has 3 rings (SSSR count). The molecule has 1 aliphatic rings. The number of aryl methyl sites for hydroxylation is 2. The molecule has 0 atom stereocenters. The van der Waals surface area contributed by atoms with Crippen LogP contribution in [-0.2, 0) is 24.2 Å². The maximum Gasteiger partial charge on any atom is 0.230 e. The van der Waals surface area contributed by atoms with Gasteiger partial charge in [0.1, 0.15) is 0 Å². The first-order valence-corrected chi connectivity index (χ1v) is 9.40. The second-order valence-electron chi connectivity index (χ2n) is 6.04. The van der Waals surface area contributed by atoms with Gasteiger partial charge in [0.2, 0.25) is 5.91 Å². The lowest BCUT2D eigenvalue weighted by molar-refractivity contribution is -0.118. The number of methoxy groups -OCH3 is 2. The van der Waals surface area contributed by atoms with Gasteiger partial charge in [0, 0.05) is 11.4 Å². The number of nitrogens with one attached hydrogen (secondary N) is 1. The lowest BCUT2D eigenvalue weighted by Crippen LogP contribution is -2.24. The number of rotatable bonds is 7. The van der Waals surface area contributed by atoms with Crippen molar-refractivity contribution in [2.24, 2.45) is 0 Å². The summed E-state index contributed by atoms with van der Waals surface area (Å²) in [7, 11) is 3.21. The highest BCUT2D eigenvalue weighted by Crippen LogP contribution is 2.28. The minimum atomic E-state index is 0.0280. The quantitative estimate of drug-likeness (QED) is 0.769. The number of benzene rings is 2. The molecule has 1 aliphatic carbocycles. The summed E-state index contributed by atoms with van der Waals surface area (Å²) in [5.41, 5.74) is 3.88. The van der Waals surface area contributed by atoms with E-state index in [0.29, 0.717) is 23.8 Å². The number of hydrogen-bond acceptors (Lipinski definition) is 4. The normalized spacial score (nSPS) is 12.6. The minimum absolute atomic E-state index is 0.0280. The Balaban J connectivity index is 1.50. The Morgan fingerprint density at radius 3 is 2.64 bits per heavy atom. The third kappa shape index (κ3) is 4.48. The van der Waals surface area contributed by atoms with Crippen molar-refractivity contribution in [3.8, 4) is 11.5 Å². The summed E-state index contributed by atoms with van der Waals surface area (Å²) < 4.78 is 10.5. The molecule has 4 nitrogen and oxygen atoms in total. The molecule has 0 radical (unpaired) electrons. The van der Waals surface area contributed by atoms with E-state index in [1.165, 1.54) is 28.9 Å². The predicted molar refractivity (Wildman–Crippen MR) is 101 cm³/mol. The summed E-state index contributed by atoms with van der Waals surface area (Å²) in [6, 6.07) is 12.2. The fourth-order valence-electron chi connectivity index (χ4n) is 3.03. The zero-order valence-electron chi connectivity index (χ0n) is 14.6. The molecule has 0 aromatic heterocycles. The number of carbonyl (C=O) groups is 1. The van der Waals surface area contributed by atoms with Gasteiger partial charge in [-0.3, -0.25) is 4.79 Å². The van der Waals surface area contributed by atoms with Crippen molar-refractivity contribution in [3.63, 3.8) is 0 Å². The number of hydrogen-bond donors (Lipinski definition) is 1. The summed E-state index contributed by atoms with van der Waals surface area (Å²) in [5, 5.41) is 2.95. The van der Waals surface area contributed by atoms with Crippen molar-refractivity contribution < 1.29 is 14.3 Å². The predicted octanol–water partition coefficient (Wildman–Crippen LogP) is 3.60. The second kappa shape index (κ2) is 8.30. The van der Waals surface area contributed by atoms with Gasteiger partial charge in [-0.2, -0.15) is 0 Å². The smallest absolute Gasteiger partial charge is 0.230 e. The molecule has 0 spiro atoms. The number of carbonyl (C=O) groups excluding carboxylic acids is 1. The Morgan fingerprint density at radius 1 is 1.04 bits per heavy atom. The van der Waals surface area contributed by atoms with Crippen LogP contribution in [0.1, 0.15) is 23.1 Å². The standard InChI is InChI=1S/C20H23NO3S/c1-23-18-9-6-14(10-19(18)24-2)12-21-20(22)13-25-17-8-7-15-4-3-5-16(15)11-17/h6-11H,3-5,12-13H2,1-2H3,(H,21,22). The first-order chi connectivity index (χ1) is 12.2. The first kappa shape index (κ1) is 17.7. The average Bonchev–Trinajstić information content (AvgIpc) is 3.12. The van der Waals surface area contributed by atoms with Gasteiger partial charge >= 0.3 is 0 Å². The minimum Gasteiger partial charge on any atom is -0.493 e. The van der Waals surface area contributed by atoms with Gasteiger partial charge in [0.05, 0.1) is 20.0 Å². The van der Waals surface area contributed by atoms with Crippen LogP contribution in [0.25, 0.3) is 0 Å². The van der Waals surface area contributed by atoms with Gasteiger partial charge in [-0.15, -0.1) is 11.8 Å². The van der Waals surface area contributed by atoms with E-state index < -0.39 is 0 Å². The van der Waals surface area contributed by atoms with Crippen LogP contribution >= 0.6 is 11.8 Å². The highest BCUT2D eigenvalue weighted by molar-refractivity contribution is 8.00. The maximum absolute atomic E-state index is 12.1. The number of fused-ring (bicyclic) bond motifs is 1. The van der Waals surface area contributed by atoms with Gasteiger partial charge in [0.15, 0.2) is 11.5 Å². The zero-order chi connectivity index (χ0) is 17.6. The molecule has 0 saturated carbocycles. The molecule has 2 aromatic rings. The molecule has 0 unspecified atom stereocenters. The molecule has 25 heavy (non-hydrogen) atoms. The molecular weight excluding hydrogens is 334 g/mol. The Kier molecular flexibility index (Phi) is 5.87. The summed E-state index contributed by atoms with van der Waals surface area (Å²) in [6.45, 7) is 0.476. The maximum atomic E-state index is 12.1. The van der Waals surface area contributed by atoms with E-state index in [0.717, 1.165) is 12.0 Å². The third-order valence-corrected chi connectivity index (χ3v) is 5.37. The van der Waals surface area contributed by atoms with Crippen LogP contribution in [0.2, 0.25) is 0 Å². The Hall–Kier alpha value is -2.14. The molecule has 0 aliphatic heterocycles. The van der Waals surface area contributed by atoms with Gasteiger partial charge in [0.25, 0.3) is 0 Å². The van der Waals surface area contributed by atoms with Crippen molar-refractivity contribution in [1.29, 1.82) is 0 Å². The van der Waals surface area contributed by atoms with Crippen LogP contribution in [0.5, 0.6) is 11.5 Å². The van der Waals surface area contributed by atoms with Crippen molar-refractivity contribution in [2.75, 3.05) is 20.0 Å². The van der Waals surface area contributed by atoms with Crippen molar-refractivity contribution >= 4 is 17.7 Å². The molecule has 5 heteroatoms. The molecule has 2 aromatic carbocycles. The second-order valence-corrected chi connectivity index (χ2v) is 7.09. The summed E-state index contributed by atoms with van der Waals surface area (Å²) >= 11 is 1.59. The van der Waals surface area contributed by atoms with E-state index in [1.54, 1.807) is 26.0 Å². The molecule has 1 N–H and O–H groups in total. The highest BCUT2D eigenvalue weighted by atomic mass is 32.2. The Bertz CT molecular complexity index is 761. The molecule has 1 amide bonds. The van der Waals surface area contributed by atoms with Gasteiger partial charge in [-0.05, 0) is 60.2 Å². The fraction of sp³-hybridized carbons (Fsp3) is 0.350. The Labute approximate surface area is 152 Å². The Morgan fingerprint density at radius 2 is 1.84 bits per heavy atom. The van der Waals surface area contributed by atoms with Crippen LogP contribution in [0.3, 0.4) is 0 Å². The zero-order valence-corrected chi connectivity index (χ0v) is 15.4. The first-order valence-electron chi connectivity index (χ1n) is 8.42. The van der Waals surface area contributed by atoms with Crippen LogP contribution in [0.15, 0.2) is 41.3 Å². The van der Waals surface area contributed by atoms with E-state index in [2.05, 4.69) is 23.5 Å². The number of amides is 1. The molecule has 0 saturated heterocycles. The lowest BCUT2D eigenvalue weighted by atomic mass is 10.1. The molecule has 132 valence electrons. The topological polar surface area (TPSA) is 47.6 Å². The molecule has 0 bridgehead atoms. The summed E-state index contributed by atoms with van der Waals surface area (Å²) in [5.74, 6) is 1.80. The molecular formula is C20H23NO3S. The highest BCUT2D eigenvalue weighted by Gasteiger charge is 2.12. The monoisotopic (exact) mass is 357 g/mol. The number of thioether (sulfide) groups is 1. The van der Waals surface area contributed by atoms with Crippen LogP contribution in [0, 0.1) is 0 Å². The van der Waals surface area contributed by atoms with Gasteiger partial charge < -0.3 is 14.8 Å². The van der Waals surface area contributed by atoms with E-state index in [1.807, 2.05) is 18.2 Å². The molecule has 0 heterocycles. The van der Waals surface area contributed by atoms with Crippen LogP contribution in [0.4, 0.5) is 0 Å². The van der Waals surface area contributed by atoms with Crippen molar-refractivity contribution in [3.05, 3.63) is 53.1 Å². The van der Waals surface area contributed by atoms with Crippen LogP contribution in [-0.4, -0.2) is 25.9 Å². The largest absolute Gasteiger partial charge is 0.493 e. The average molecular weight is 357 g/mol. The number of ether oxygens (including phenoxy) is 2. The van der Waals surface area contributed by atoms with Crippen molar-refractivity contribution in [1.82, 2.24) is 5.32 Å². The molecule has 0 fully saturated rings. The van der Waals surface area contributed by atoms with Gasteiger partial charge in [-0.1, -0.05) is 12.1 Å². The lowest BCUT2D eigenvalue weighted by Gasteiger charge is -2.10. The summed E-state index contributed by atoms with van der Waals surface area (Å²) in [6.07, 6.45) is 3.59. The SMILES string of the molecule is COc1ccc(CNC(=O)CSc2ccc3c(c2)CCC3)cc1OC. The van der Waals surface area contributed by atoms with Crippen molar-refractivity contribution in [2.45, 2.75) is 30.7 Å². The third-order valence-electron chi connectivity index (χ3n) is 4.38. The van der Waals surface area contributed by atoms with E-state index in [9.17, 15) is 4.79 Å². The van der Waals surface area contributed by atoms with E-state index in [-0.39, 0.29) is 5.91 Å². The fourth-order valence-corrected chi connectivity index (χ4v) is 3.82. The van der Waals surface area contributed by atoms with E-state index in [4.69, 9.17) is 9.47 Å². The van der Waals surface area contributed by atoms with Gasteiger partial charge in [-0.25, -0.2) is 0 Å². The van der Waals surface area contributed by atoms with Crippen LogP contribution < -0.4 is 14.8 Å².